The molecule has 1 heterocycles. The smallest absolute Gasteiger partial charge is 0.416 e. The van der Waals surface area contributed by atoms with Crippen LogP contribution in [0.15, 0.2) is 22.9 Å². The summed E-state index contributed by atoms with van der Waals surface area (Å²) in [7, 11) is 0. The van der Waals surface area contributed by atoms with Crippen molar-refractivity contribution >= 4 is 52.4 Å². The Morgan fingerprint density at radius 2 is 1.88 bits per heavy atom. The van der Waals surface area contributed by atoms with Crippen LogP contribution in [0.3, 0.4) is 0 Å². The monoisotopic (exact) mass is 451 g/mol. The minimum Gasteiger partial charge on any atom is -0.465 e. The van der Waals surface area contributed by atoms with Gasteiger partial charge in [-0.1, -0.05) is 34.8 Å². The van der Waals surface area contributed by atoms with Crippen molar-refractivity contribution in [3.8, 4) is 5.75 Å². The molecule has 1 aliphatic heterocycles. The van der Waals surface area contributed by atoms with E-state index in [0.29, 0.717) is 17.8 Å². The maximum Gasteiger partial charge on any atom is 0.416 e. The second-order valence-electron chi connectivity index (χ2n) is 5.08. The highest BCUT2D eigenvalue weighted by Gasteiger charge is 2.35. The predicted octanol–water partition coefficient (Wildman–Crippen LogP) is 4.96. The molecule has 0 aliphatic carbocycles. The molecular weight excluding hydrogens is 441 g/mol. The summed E-state index contributed by atoms with van der Waals surface area (Å²) in [6.45, 7) is 1.78. The Hall–Kier alpha value is -1.06. The minimum absolute atomic E-state index is 0.109. The number of halogens is 7. The number of amides is 2. The van der Waals surface area contributed by atoms with Gasteiger partial charge >= 0.3 is 12.2 Å². The van der Waals surface area contributed by atoms with Crippen LogP contribution in [0.1, 0.15) is 12.5 Å². The van der Waals surface area contributed by atoms with Crippen LogP contribution in [-0.2, 0) is 6.18 Å². The normalized spacial score (nSPS) is 17.7. The Labute approximate surface area is 166 Å². The highest BCUT2D eigenvalue weighted by molar-refractivity contribution is 6.37. The fraction of sp³-hybridized carbons (Fsp3) is 0.357. The van der Waals surface area contributed by atoms with Gasteiger partial charge in [0.15, 0.2) is 5.75 Å². The van der Waals surface area contributed by atoms with Crippen LogP contribution >= 0.6 is 46.4 Å². The Kier molecular flexibility index (Phi) is 6.79. The summed E-state index contributed by atoms with van der Waals surface area (Å²) in [5.74, 6) is 0.0139. The fourth-order valence-electron chi connectivity index (χ4n) is 2.04. The highest BCUT2D eigenvalue weighted by Crippen LogP contribution is 2.41. The number of alkyl halides is 4. The first-order valence-corrected chi connectivity index (χ1v) is 8.72. The average Bonchev–Trinajstić information content (AvgIpc) is 2.83. The first kappa shape index (κ1) is 21.2. The van der Waals surface area contributed by atoms with Crippen molar-refractivity contribution in [2.45, 2.75) is 19.3 Å². The number of carbonyl (C=O) groups is 1. The second kappa shape index (κ2) is 8.31. The van der Waals surface area contributed by atoms with Crippen molar-refractivity contribution in [3.63, 3.8) is 0 Å². The lowest BCUT2D eigenvalue weighted by atomic mass is 10.2. The molecule has 0 bridgehead atoms. The summed E-state index contributed by atoms with van der Waals surface area (Å²) < 4.78 is 43.8. The van der Waals surface area contributed by atoms with Gasteiger partial charge in [0.2, 0.25) is 6.23 Å². The largest absolute Gasteiger partial charge is 0.465 e. The molecule has 2 amide bonds. The van der Waals surface area contributed by atoms with Gasteiger partial charge in [-0.05, 0) is 19.1 Å². The van der Waals surface area contributed by atoms with E-state index in [0.717, 1.165) is 5.01 Å². The van der Waals surface area contributed by atoms with Gasteiger partial charge in [-0.25, -0.2) is 9.80 Å². The summed E-state index contributed by atoms with van der Waals surface area (Å²) in [6, 6.07) is 0.845. The third-order valence-electron chi connectivity index (χ3n) is 3.29. The van der Waals surface area contributed by atoms with E-state index < -0.39 is 24.0 Å². The minimum atomic E-state index is -4.61. The van der Waals surface area contributed by atoms with Crippen molar-refractivity contribution < 1.29 is 22.7 Å². The number of hydrogen-bond donors (Lipinski definition) is 2. The molecule has 0 saturated heterocycles. The molecule has 1 aliphatic rings. The van der Waals surface area contributed by atoms with Crippen LogP contribution in [0.5, 0.6) is 5.75 Å². The summed E-state index contributed by atoms with van der Waals surface area (Å²) >= 11 is 23.4. The summed E-state index contributed by atoms with van der Waals surface area (Å²) in [5, 5.41) is 3.02. The first-order chi connectivity index (χ1) is 12.1. The topological polar surface area (TPSA) is 53.6 Å². The van der Waals surface area contributed by atoms with Crippen LogP contribution in [0.2, 0.25) is 10.0 Å². The zero-order chi connectivity index (χ0) is 19.6. The first-order valence-electron chi connectivity index (χ1n) is 7.05. The van der Waals surface area contributed by atoms with E-state index in [1.165, 1.54) is 0 Å². The number of urea groups is 1. The van der Waals surface area contributed by atoms with Gasteiger partial charge in [0.1, 0.15) is 0 Å². The number of rotatable bonds is 4. The zero-order valence-electron chi connectivity index (χ0n) is 13.1. The van der Waals surface area contributed by atoms with Crippen LogP contribution in [0.25, 0.3) is 0 Å². The lowest BCUT2D eigenvalue weighted by molar-refractivity contribution is -0.137. The number of carbonyl (C=O) groups excluding carboxylic acids is 1. The van der Waals surface area contributed by atoms with Crippen molar-refractivity contribution in [1.29, 1.82) is 0 Å². The van der Waals surface area contributed by atoms with Gasteiger partial charge in [0.25, 0.3) is 0 Å². The molecule has 2 rings (SSSR count). The van der Waals surface area contributed by atoms with E-state index in [-0.39, 0.29) is 33.3 Å². The Morgan fingerprint density at radius 1 is 1.31 bits per heavy atom. The Morgan fingerprint density at radius 3 is 2.38 bits per heavy atom. The van der Waals surface area contributed by atoms with Gasteiger partial charge in [-0.2, -0.15) is 18.6 Å². The number of hydrazine groups is 1. The van der Waals surface area contributed by atoms with E-state index in [9.17, 15) is 18.0 Å². The third-order valence-corrected chi connectivity index (χ3v) is 4.51. The maximum absolute atomic E-state index is 12.8. The van der Waals surface area contributed by atoms with Gasteiger partial charge < -0.3 is 10.1 Å². The summed E-state index contributed by atoms with van der Waals surface area (Å²) in [6.07, 6.45) is -5.67. The van der Waals surface area contributed by atoms with Crippen LogP contribution in [0, 0.1) is 0 Å². The predicted molar refractivity (Wildman–Crippen MR) is 93.5 cm³/mol. The van der Waals surface area contributed by atoms with Crippen LogP contribution in [0.4, 0.5) is 18.0 Å². The highest BCUT2D eigenvalue weighted by atomic mass is 35.5. The van der Waals surface area contributed by atoms with E-state index >= 15 is 0 Å². The summed E-state index contributed by atoms with van der Waals surface area (Å²) in [5.41, 5.74) is 1.98. The number of nitrogens with zero attached hydrogens (tertiary/aromatic N) is 1. The quantitative estimate of drug-likeness (QED) is 0.635. The molecular formula is C14H12Cl4F3N3O2. The molecule has 5 nitrogen and oxygen atoms in total. The molecule has 1 unspecified atom stereocenters. The van der Waals surface area contributed by atoms with Gasteiger partial charge in [0, 0.05) is 12.4 Å². The SMILES string of the molecule is CC1=C(Cl)C(Oc2c(Cl)cc(C(F)(F)F)cc2Cl)NN1C(=O)NCCCl. The maximum atomic E-state index is 12.8. The van der Waals surface area contributed by atoms with E-state index in [1.54, 1.807) is 6.92 Å². The Balaban J connectivity index is 2.21. The van der Waals surface area contributed by atoms with Crippen molar-refractivity contribution in [1.82, 2.24) is 15.8 Å². The van der Waals surface area contributed by atoms with Gasteiger partial charge in [-0.15, -0.1) is 11.6 Å². The molecule has 26 heavy (non-hydrogen) atoms. The lowest BCUT2D eigenvalue weighted by Gasteiger charge is -2.22. The average molecular weight is 453 g/mol. The number of ether oxygens (including phenoxy) is 1. The molecule has 0 fully saturated rings. The van der Waals surface area contributed by atoms with Crippen molar-refractivity contribution in [2.24, 2.45) is 0 Å². The van der Waals surface area contributed by atoms with Crippen LogP contribution < -0.4 is 15.5 Å². The lowest BCUT2D eigenvalue weighted by Crippen LogP contribution is -2.48. The van der Waals surface area contributed by atoms with Gasteiger partial charge in [-0.3, -0.25) is 0 Å². The fourth-order valence-corrected chi connectivity index (χ4v) is 2.89. The number of benzene rings is 1. The molecule has 0 radical (unpaired) electrons. The standard InChI is InChI=1S/C14H12Cl4F3N3O2/c1-6-10(18)12(23-24(6)13(25)22-3-2-15)26-11-8(16)4-7(5-9(11)17)14(19,20)21/h4-5,12,23H,2-3H2,1H3,(H,22,25). The molecule has 1 atom stereocenters. The molecule has 0 spiro atoms. The molecule has 2 N–H and O–H groups in total. The van der Waals surface area contributed by atoms with E-state index in [2.05, 4.69) is 10.7 Å². The zero-order valence-corrected chi connectivity index (χ0v) is 16.1. The van der Waals surface area contributed by atoms with Gasteiger partial charge in [0.05, 0.1) is 26.3 Å². The molecule has 12 heteroatoms. The van der Waals surface area contributed by atoms with Crippen LogP contribution in [-0.4, -0.2) is 29.7 Å². The number of nitrogens with one attached hydrogen (secondary N) is 2. The molecule has 0 saturated carbocycles. The molecule has 144 valence electrons. The molecule has 1 aromatic rings. The van der Waals surface area contributed by atoms with E-state index in [1.807, 2.05) is 0 Å². The molecule has 0 aromatic heterocycles. The third kappa shape index (κ3) is 4.61. The number of allylic oxidation sites excluding steroid dienone is 1. The van der Waals surface area contributed by atoms with E-state index in [4.69, 9.17) is 51.1 Å². The number of hydrogen-bond acceptors (Lipinski definition) is 3. The van der Waals surface area contributed by atoms with Crippen molar-refractivity contribution in [2.75, 3.05) is 12.4 Å². The Bertz CT molecular complexity index is 720. The van der Waals surface area contributed by atoms with Crippen molar-refractivity contribution in [3.05, 3.63) is 38.5 Å². The molecule has 1 aromatic carbocycles. The summed E-state index contributed by atoms with van der Waals surface area (Å²) in [4.78, 5) is 12.0. The second-order valence-corrected chi connectivity index (χ2v) is 6.68.